The third-order valence-electron chi connectivity index (χ3n) is 9.35. The van der Waals surface area contributed by atoms with Crippen molar-refractivity contribution in [2.75, 3.05) is 12.3 Å². The Labute approximate surface area is 245 Å². The molecule has 0 radical (unpaired) electrons. The Morgan fingerprint density at radius 1 is 1.17 bits per heavy atom. The van der Waals surface area contributed by atoms with E-state index in [0.29, 0.717) is 17.1 Å². The first kappa shape index (κ1) is 28.9. The van der Waals surface area contributed by atoms with E-state index in [0.717, 1.165) is 42.5 Å². The molecule has 2 unspecified atom stereocenters. The third-order valence-corrected chi connectivity index (χ3v) is 9.35. The summed E-state index contributed by atoms with van der Waals surface area (Å²) in [6, 6.07) is 6.11. The van der Waals surface area contributed by atoms with E-state index in [1.165, 1.54) is 22.8 Å². The Balaban J connectivity index is 1.09. The predicted molar refractivity (Wildman–Crippen MR) is 159 cm³/mol. The van der Waals surface area contributed by atoms with Gasteiger partial charge in [0, 0.05) is 19.3 Å². The quantitative estimate of drug-likeness (QED) is 0.181. The number of aromatic nitrogens is 6. The number of nitrogens with one attached hydrogen (secondary N) is 1. The third kappa shape index (κ3) is 5.05. The van der Waals surface area contributed by atoms with Crippen LogP contribution < -0.4 is 5.73 Å². The van der Waals surface area contributed by atoms with Gasteiger partial charge in [0.25, 0.3) is 0 Å². The smallest absolute Gasteiger partial charge is 0.167 e. The van der Waals surface area contributed by atoms with Gasteiger partial charge in [0.15, 0.2) is 17.7 Å². The molecule has 0 amide bonds. The van der Waals surface area contributed by atoms with E-state index in [1.807, 2.05) is 13.8 Å². The Hall–Kier alpha value is -3.16. The van der Waals surface area contributed by atoms with Crippen LogP contribution in [0.3, 0.4) is 0 Å². The minimum atomic E-state index is -1.25. The molecule has 1 saturated carbocycles. The molecule has 1 aliphatic heterocycles. The fraction of sp³-hybridized carbons (Fsp3) is 0.600. The number of nitrogens with two attached hydrogens (primary N) is 1. The first-order valence-corrected chi connectivity index (χ1v) is 14.9. The van der Waals surface area contributed by atoms with Crippen LogP contribution in [0.4, 0.5) is 5.82 Å². The van der Waals surface area contributed by atoms with E-state index < -0.39 is 29.2 Å². The summed E-state index contributed by atoms with van der Waals surface area (Å²) in [5.74, 6) is 1.63. The first-order valence-electron chi connectivity index (χ1n) is 14.9. The lowest BCUT2D eigenvalue weighted by atomic mass is 9.75. The fourth-order valence-electron chi connectivity index (χ4n) is 6.51. The van der Waals surface area contributed by atoms with E-state index in [9.17, 15) is 15.4 Å². The summed E-state index contributed by atoms with van der Waals surface area (Å²) >= 11 is 0. The Morgan fingerprint density at radius 3 is 2.64 bits per heavy atom. The molecule has 1 saturated heterocycles. The SMILES string of the molecule is CC(C)[N+]([O-])(C[C@H]1OC(n2cnc3c(N)ncnc32)[C@H](O)[C@@H]1O)C1CC(CCc2nc3ccc(C(C)(C)C)cc3[nH]2)C1. The van der Waals surface area contributed by atoms with Crippen molar-refractivity contribution in [3.8, 4) is 0 Å². The monoisotopic (exact) mass is 578 g/mol. The number of nitrogen functional groups attached to an aromatic ring is 1. The van der Waals surface area contributed by atoms with E-state index in [-0.39, 0.29) is 29.9 Å². The van der Waals surface area contributed by atoms with Gasteiger partial charge in [0.2, 0.25) is 0 Å². The number of nitrogens with zero attached hydrogens (tertiary/aromatic N) is 6. The highest BCUT2D eigenvalue weighted by Gasteiger charge is 2.50. The van der Waals surface area contributed by atoms with Crippen molar-refractivity contribution in [1.82, 2.24) is 29.5 Å². The van der Waals surface area contributed by atoms with E-state index >= 15 is 0 Å². The number of hydrogen-bond acceptors (Lipinski definition) is 9. The second-order valence-electron chi connectivity index (χ2n) is 13.5. The lowest BCUT2D eigenvalue weighted by molar-refractivity contribution is -0.935. The molecule has 12 heteroatoms. The highest BCUT2D eigenvalue weighted by molar-refractivity contribution is 5.81. The summed E-state index contributed by atoms with van der Waals surface area (Å²) in [4.78, 5) is 20.7. The number of hydrogen-bond donors (Lipinski definition) is 4. The van der Waals surface area contributed by atoms with Crippen LogP contribution in [0.1, 0.15) is 71.5 Å². The van der Waals surface area contributed by atoms with Gasteiger partial charge in [0.05, 0.1) is 29.4 Å². The number of aromatic amines is 1. The molecule has 1 aromatic carbocycles. The lowest BCUT2D eigenvalue weighted by Crippen LogP contribution is -2.63. The minimum Gasteiger partial charge on any atom is -0.632 e. The number of aryl methyl sites for hydroxylation is 1. The highest BCUT2D eigenvalue weighted by atomic mass is 16.6. The molecule has 4 aromatic rings. The zero-order valence-electron chi connectivity index (χ0n) is 24.9. The zero-order valence-corrected chi connectivity index (χ0v) is 24.9. The summed E-state index contributed by atoms with van der Waals surface area (Å²) < 4.78 is 7.19. The average molecular weight is 579 g/mol. The van der Waals surface area contributed by atoms with Crippen LogP contribution in [0.15, 0.2) is 30.9 Å². The molecule has 4 heterocycles. The van der Waals surface area contributed by atoms with Gasteiger partial charge in [-0.3, -0.25) is 4.57 Å². The number of benzene rings is 1. The molecular formula is C30H42N8O4. The van der Waals surface area contributed by atoms with Gasteiger partial charge in [0.1, 0.15) is 42.5 Å². The maximum Gasteiger partial charge on any atom is 0.167 e. The number of ether oxygens (including phenoxy) is 1. The molecule has 3 aromatic heterocycles. The number of H-pyrrole nitrogens is 1. The van der Waals surface area contributed by atoms with Crippen LogP contribution in [-0.2, 0) is 16.6 Å². The fourth-order valence-corrected chi connectivity index (χ4v) is 6.51. The topological polar surface area (TPSA) is 171 Å². The van der Waals surface area contributed by atoms with Gasteiger partial charge in [-0.2, -0.15) is 0 Å². The average Bonchev–Trinajstić information content (AvgIpc) is 3.59. The largest absolute Gasteiger partial charge is 0.632 e. The number of quaternary nitrogens is 1. The van der Waals surface area contributed by atoms with E-state index in [4.69, 9.17) is 15.5 Å². The van der Waals surface area contributed by atoms with Crippen LogP contribution in [0, 0.1) is 11.1 Å². The van der Waals surface area contributed by atoms with Crippen LogP contribution in [-0.4, -0.2) is 81.3 Å². The van der Waals surface area contributed by atoms with E-state index in [2.05, 4.69) is 58.9 Å². The van der Waals surface area contributed by atoms with E-state index in [1.54, 1.807) is 0 Å². The molecule has 12 nitrogen and oxygen atoms in total. The number of aliphatic hydroxyl groups is 2. The number of imidazole rings is 2. The molecule has 5 atom stereocenters. The summed E-state index contributed by atoms with van der Waals surface area (Å²) in [5, 5.41) is 36.1. The Bertz CT molecular complexity index is 1570. The molecule has 2 fully saturated rings. The summed E-state index contributed by atoms with van der Waals surface area (Å²) in [5.41, 5.74) is 10.1. The van der Waals surface area contributed by atoms with Gasteiger partial charge < -0.3 is 35.5 Å². The lowest BCUT2D eigenvalue weighted by Gasteiger charge is -2.58. The van der Waals surface area contributed by atoms with Gasteiger partial charge >= 0.3 is 0 Å². The zero-order chi connectivity index (χ0) is 30.0. The summed E-state index contributed by atoms with van der Waals surface area (Å²) in [6.45, 7) is 10.5. The Morgan fingerprint density at radius 2 is 1.93 bits per heavy atom. The van der Waals surface area contributed by atoms with Gasteiger partial charge in [-0.25, -0.2) is 19.9 Å². The molecule has 6 rings (SSSR count). The molecule has 42 heavy (non-hydrogen) atoms. The number of aliphatic hydroxyl groups excluding tert-OH is 2. The summed E-state index contributed by atoms with van der Waals surface area (Å²) in [7, 11) is 0. The number of anilines is 1. The van der Waals surface area contributed by atoms with Crippen molar-refractivity contribution < 1.29 is 19.6 Å². The summed E-state index contributed by atoms with van der Waals surface area (Å²) in [6.07, 6.45) is 1.94. The molecule has 5 N–H and O–H groups in total. The predicted octanol–water partition coefficient (Wildman–Crippen LogP) is 3.34. The number of rotatable bonds is 8. The van der Waals surface area contributed by atoms with Crippen molar-refractivity contribution in [3.05, 3.63) is 47.4 Å². The van der Waals surface area contributed by atoms with Crippen LogP contribution in [0.2, 0.25) is 0 Å². The first-order chi connectivity index (χ1) is 19.8. The second-order valence-corrected chi connectivity index (χ2v) is 13.5. The van der Waals surface area contributed by atoms with Gasteiger partial charge in [-0.1, -0.05) is 26.8 Å². The standard InChI is InChI=1S/C30H42N8O4/c1-16(2)38(41,13-22-25(39)26(40)29(42-22)37-15-34-24-27(31)32-14-33-28(24)37)19-10-17(11-19)6-9-23-35-20-8-7-18(30(3,4)5)12-21(20)36-23/h7-8,12,14-17,19,22,25-26,29,39-40H,6,9-11,13H2,1-5H3,(H,35,36)(H2,31,32,33)/t17?,19?,22-,25-,26-,29?,38?/m1/s1. The highest BCUT2D eigenvalue weighted by Crippen LogP contribution is 2.42. The molecule has 226 valence electrons. The van der Waals surface area contributed by atoms with Crippen LogP contribution >= 0.6 is 0 Å². The Kier molecular flexibility index (Phi) is 7.25. The van der Waals surface area contributed by atoms with Crippen molar-refractivity contribution in [2.45, 2.75) is 102 Å². The number of hydroxylamine groups is 3. The molecule has 0 spiro atoms. The van der Waals surface area contributed by atoms with Crippen LogP contribution in [0.25, 0.3) is 22.2 Å². The van der Waals surface area contributed by atoms with Crippen LogP contribution in [0.5, 0.6) is 0 Å². The molecule has 1 aliphatic carbocycles. The van der Waals surface area contributed by atoms with Gasteiger partial charge in [-0.15, -0.1) is 0 Å². The van der Waals surface area contributed by atoms with Gasteiger partial charge in [-0.05, 0) is 49.3 Å². The minimum absolute atomic E-state index is 0.0488. The molecule has 0 bridgehead atoms. The van der Waals surface area contributed by atoms with Crippen molar-refractivity contribution in [1.29, 1.82) is 0 Å². The molecular weight excluding hydrogens is 536 g/mol. The maximum atomic E-state index is 14.3. The maximum absolute atomic E-state index is 14.3. The van der Waals surface area contributed by atoms with Crippen molar-refractivity contribution in [2.24, 2.45) is 5.92 Å². The van der Waals surface area contributed by atoms with Crippen molar-refractivity contribution in [3.63, 3.8) is 0 Å². The van der Waals surface area contributed by atoms with Crippen molar-refractivity contribution >= 4 is 28.0 Å². The normalized spacial score (nSPS) is 28.0. The number of fused-ring (bicyclic) bond motifs is 2. The second kappa shape index (κ2) is 10.5. The molecule has 2 aliphatic rings.